The fraction of sp³-hybridized carbons (Fsp3) is 0.412. The molecule has 0 bridgehead atoms. The number of thiophene rings is 1. The standard InChI is InChI=1S/C17H23N5S.HI/c1-14-5-3-6-15(20-14)13-19-17(18-2)22-10-8-21(9-11-22)16-7-4-12-23-16;/h3-7,12H,8-11,13H2,1-2H3,(H,18,19);1H. The molecule has 7 heteroatoms. The van der Waals surface area contributed by atoms with Crippen molar-refractivity contribution >= 4 is 46.3 Å². The van der Waals surface area contributed by atoms with Gasteiger partial charge in [-0.3, -0.25) is 9.98 Å². The van der Waals surface area contributed by atoms with Gasteiger partial charge in [-0.05, 0) is 36.6 Å². The maximum absolute atomic E-state index is 4.53. The fourth-order valence-electron chi connectivity index (χ4n) is 2.79. The van der Waals surface area contributed by atoms with Gasteiger partial charge in [-0.1, -0.05) is 6.07 Å². The van der Waals surface area contributed by atoms with E-state index < -0.39 is 0 Å². The molecule has 0 aliphatic carbocycles. The lowest BCUT2D eigenvalue weighted by Crippen LogP contribution is -2.52. The molecule has 24 heavy (non-hydrogen) atoms. The molecule has 0 atom stereocenters. The quantitative estimate of drug-likeness (QED) is 0.438. The maximum Gasteiger partial charge on any atom is 0.194 e. The third-order valence-corrected chi connectivity index (χ3v) is 4.91. The number of rotatable bonds is 3. The van der Waals surface area contributed by atoms with E-state index in [0.717, 1.165) is 43.5 Å². The zero-order valence-electron chi connectivity index (χ0n) is 14.1. The minimum absolute atomic E-state index is 0. The minimum Gasteiger partial charge on any atom is -0.360 e. The number of nitrogens with one attached hydrogen (secondary N) is 1. The average molecular weight is 457 g/mol. The summed E-state index contributed by atoms with van der Waals surface area (Å²) in [6.45, 7) is 6.76. The van der Waals surface area contributed by atoms with Crippen LogP contribution in [0.15, 0.2) is 40.7 Å². The van der Waals surface area contributed by atoms with Crippen molar-refractivity contribution in [2.45, 2.75) is 13.5 Å². The number of nitrogens with zero attached hydrogens (tertiary/aromatic N) is 4. The van der Waals surface area contributed by atoms with Gasteiger partial charge in [-0.15, -0.1) is 35.3 Å². The van der Waals surface area contributed by atoms with E-state index in [2.05, 4.69) is 42.6 Å². The predicted octanol–water partition coefficient (Wildman–Crippen LogP) is 2.97. The summed E-state index contributed by atoms with van der Waals surface area (Å²) in [4.78, 5) is 13.7. The lowest BCUT2D eigenvalue weighted by molar-refractivity contribution is 0.373. The highest BCUT2D eigenvalue weighted by atomic mass is 127. The van der Waals surface area contributed by atoms with Gasteiger partial charge in [0.25, 0.3) is 0 Å². The van der Waals surface area contributed by atoms with Crippen LogP contribution >= 0.6 is 35.3 Å². The lowest BCUT2D eigenvalue weighted by atomic mass is 10.3. The smallest absolute Gasteiger partial charge is 0.194 e. The van der Waals surface area contributed by atoms with Crippen LogP contribution in [0.3, 0.4) is 0 Å². The number of hydrogen-bond donors (Lipinski definition) is 1. The fourth-order valence-corrected chi connectivity index (χ4v) is 3.57. The highest BCUT2D eigenvalue weighted by Gasteiger charge is 2.20. The number of hydrogen-bond acceptors (Lipinski definition) is 4. The Hall–Kier alpha value is -1.35. The van der Waals surface area contributed by atoms with E-state index >= 15 is 0 Å². The molecule has 0 radical (unpaired) electrons. The van der Waals surface area contributed by atoms with Crippen molar-refractivity contribution in [1.82, 2.24) is 15.2 Å². The van der Waals surface area contributed by atoms with Crippen LogP contribution in [0.4, 0.5) is 5.00 Å². The van der Waals surface area contributed by atoms with Crippen LogP contribution in [0.2, 0.25) is 0 Å². The Morgan fingerprint density at radius 2 is 2.00 bits per heavy atom. The normalized spacial score (nSPS) is 15.2. The first kappa shape index (κ1) is 19.0. The summed E-state index contributed by atoms with van der Waals surface area (Å²) in [7, 11) is 1.84. The molecule has 1 aliphatic heterocycles. The molecule has 3 heterocycles. The Morgan fingerprint density at radius 3 is 2.62 bits per heavy atom. The lowest BCUT2D eigenvalue weighted by Gasteiger charge is -2.37. The second-order valence-electron chi connectivity index (χ2n) is 5.60. The van der Waals surface area contributed by atoms with Crippen LogP contribution in [0.5, 0.6) is 0 Å². The highest BCUT2D eigenvalue weighted by Crippen LogP contribution is 2.22. The summed E-state index contributed by atoms with van der Waals surface area (Å²) in [6, 6.07) is 10.4. The third-order valence-electron chi connectivity index (χ3n) is 3.98. The average Bonchev–Trinajstić information content (AvgIpc) is 3.11. The first-order valence-corrected chi connectivity index (χ1v) is 8.81. The molecule has 130 valence electrons. The number of aryl methyl sites for hydroxylation is 1. The first-order valence-electron chi connectivity index (χ1n) is 7.93. The number of aromatic nitrogens is 1. The molecule has 2 aromatic rings. The molecule has 0 unspecified atom stereocenters. The van der Waals surface area contributed by atoms with Gasteiger partial charge in [0.1, 0.15) is 0 Å². The van der Waals surface area contributed by atoms with E-state index in [0.29, 0.717) is 6.54 Å². The Morgan fingerprint density at radius 1 is 1.21 bits per heavy atom. The van der Waals surface area contributed by atoms with Gasteiger partial charge >= 0.3 is 0 Å². The summed E-state index contributed by atoms with van der Waals surface area (Å²) in [5.74, 6) is 0.958. The van der Waals surface area contributed by atoms with E-state index in [4.69, 9.17) is 0 Å². The summed E-state index contributed by atoms with van der Waals surface area (Å²) in [6.07, 6.45) is 0. The number of piperazine rings is 1. The number of aliphatic imine (C=N–C) groups is 1. The van der Waals surface area contributed by atoms with E-state index in [1.807, 2.05) is 32.2 Å². The molecule has 0 saturated carbocycles. The molecule has 3 rings (SSSR count). The van der Waals surface area contributed by atoms with Gasteiger partial charge in [-0.2, -0.15) is 0 Å². The van der Waals surface area contributed by atoms with Gasteiger partial charge in [-0.25, -0.2) is 0 Å². The number of anilines is 1. The molecular weight excluding hydrogens is 433 g/mol. The maximum atomic E-state index is 4.53. The zero-order valence-corrected chi connectivity index (χ0v) is 17.3. The van der Waals surface area contributed by atoms with E-state index in [-0.39, 0.29) is 24.0 Å². The molecule has 1 saturated heterocycles. The van der Waals surface area contributed by atoms with E-state index in [9.17, 15) is 0 Å². The zero-order chi connectivity index (χ0) is 16.1. The van der Waals surface area contributed by atoms with Gasteiger partial charge < -0.3 is 15.1 Å². The van der Waals surface area contributed by atoms with E-state index in [1.165, 1.54) is 5.00 Å². The van der Waals surface area contributed by atoms with E-state index in [1.54, 1.807) is 11.3 Å². The second kappa shape index (κ2) is 9.22. The summed E-state index contributed by atoms with van der Waals surface area (Å²) >= 11 is 1.81. The van der Waals surface area contributed by atoms with Crippen molar-refractivity contribution in [3.63, 3.8) is 0 Å². The molecule has 1 aliphatic rings. The van der Waals surface area contributed by atoms with Crippen molar-refractivity contribution < 1.29 is 0 Å². The largest absolute Gasteiger partial charge is 0.360 e. The van der Waals surface area contributed by atoms with Crippen LogP contribution in [-0.2, 0) is 6.54 Å². The van der Waals surface area contributed by atoms with Crippen molar-refractivity contribution in [3.8, 4) is 0 Å². The van der Waals surface area contributed by atoms with Crippen molar-refractivity contribution in [2.24, 2.45) is 4.99 Å². The SMILES string of the molecule is CN=C(NCc1cccc(C)n1)N1CCN(c2cccs2)CC1.I. The number of halogens is 1. The Balaban J connectivity index is 0.00000208. The van der Waals surface area contributed by atoms with Gasteiger partial charge in [0.2, 0.25) is 0 Å². The van der Waals surface area contributed by atoms with Crippen LogP contribution in [0.25, 0.3) is 0 Å². The third kappa shape index (κ3) is 4.83. The molecule has 1 N–H and O–H groups in total. The van der Waals surface area contributed by atoms with Gasteiger partial charge in [0.15, 0.2) is 5.96 Å². The topological polar surface area (TPSA) is 43.8 Å². The number of pyridine rings is 1. The van der Waals surface area contributed by atoms with Crippen molar-refractivity contribution in [1.29, 1.82) is 0 Å². The van der Waals surface area contributed by atoms with Crippen molar-refractivity contribution in [2.75, 3.05) is 38.1 Å². The summed E-state index contributed by atoms with van der Waals surface area (Å²) in [5.41, 5.74) is 2.09. The second-order valence-corrected chi connectivity index (χ2v) is 6.52. The highest BCUT2D eigenvalue weighted by molar-refractivity contribution is 14.0. The number of guanidine groups is 1. The van der Waals surface area contributed by atoms with Crippen LogP contribution < -0.4 is 10.2 Å². The molecule has 0 amide bonds. The van der Waals surface area contributed by atoms with Crippen LogP contribution in [0.1, 0.15) is 11.4 Å². The molecule has 2 aromatic heterocycles. The Kier molecular flexibility index (Phi) is 7.29. The molecule has 0 aromatic carbocycles. The minimum atomic E-state index is 0. The Bertz CT molecular complexity index is 651. The predicted molar refractivity (Wildman–Crippen MR) is 113 cm³/mol. The molecule has 5 nitrogen and oxygen atoms in total. The van der Waals surface area contributed by atoms with Crippen LogP contribution in [-0.4, -0.2) is 49.1 Å². The molecule has 0 spiro atoms. The van der Waals surface area contributed by atoms with Gasteiger partial charge in [0, 0.05) is 38.9 Å². The Labute approximate surface area is 164 Å². The summed E-state index contributed by atoms with van der Waals surface area (Å²) < 4.78 is 0. The monoisotopic (exact) mass is 457 g/mol. The summed E-state index contributed by atoms with van der Waals surface area (Å²) in [5, 5.41) is 6.92. The van der Waals surface area contributed by atoms with Crippen molar-refractivity contribution in [3.05, 3.63) is 47.1 Å². The van der Waals surface area contributed by atoms with Crippen LogP contribution in [0, 0.1) is 6.92 Å². The molecule has 1 fully saturated rings. The van der Waals surface area contributed by atoms with Gasteiger partial charge in [0.05, 0.1) is 17.2 Å². The first-order chi connectivity index (χ1) is 11.3. The molecular formula is C17H24IN5S.